The number of para-hydroxylation sites is 1. The van der Waals surface area contributed by atoms with E-state index in [0.29, 0.717) is 17.2 Å². The first-order valence-electron chi connectivity index (χ1n) is 8.85. The van der Waals surface area contributed by atoms with E-state index in [1.165, 1.54) is 0 Å². The lowest BCUT2D eigenvalue weighted by molar-refractivity contribution is 0.200. The second kappa shape index (κ2) is 17.8. The molecular formula is C12H17B4F16N2O2-3. The molecule has 0 aliphatic rings. The van der Waals surface area contributed by atoms with E-state index >= 15 is 0 Å². The fourth-order valence-corrected chi connectivity index (χ4v) is 1.28. The van der Waals surface area contributed by atoms with E-state index in [1.54, 1.807) is 18.2 Å². The summed E-state index contributed by atoms with van der Waals surface area (Å²) in [5.74, 6) is 1.08. The summed E-state index contributed by atoms with van der Waals surface area (Å²) in [5, 5.41) is 8.88. The topological polar surface area (TPSA) is 46.6 Å². The van der Waals surface area contributed by atoms with Crippen LogP contribution >= 0.6 is 0 Å². The largest absolute Gasteiger partial charge is 0.673 e. The van der Waals surface area contributed by atoms with Gasteiger partial charge in [-0.05, 0) is 33.8 Å². The Labute approximate surface area is 194 Å². The van der Waals surface area contributed by atoms with Crippen LogP contribution in [0.3, 0.4) is 0 Å². The minimum atomic E-state index is -6.00. The van der Waals surface area contributed by atoms with Gasteiger partial charge >= 0.3 is 34.7 Å². The molecule has 0 N–H and O–H groups in total. The molecule has 1 aromatic carbocycles. The van der Waals surface area contributed by atoms with Crippen LogP contribution in [0.5, 0.6) is 11.5 Å². The Kier molecular flexibility index (Phi) is 20.0. The van der Waals surface area contributed by atoms with Crippen molar-refractivity contribution in [1.29, 1.82) is 5.39 Å². The smallest absolute Gasteiger partial charge is 0.487 e. The summed E-state index contributed by atoms with van der Waals surface area (Å²) in [5.41, 5.74) is 0.381. The van der Waals surface area contributed by atoms with E-state index in [4.69, 9.17) is 14.9 Å². The lowest BCUT2D eigenvalue weighted by Crippen LogP contribution is -2.10. The second-order valence-corrected chi connectivity index (χ2v) is 6.02. The quantitative estimate of drug-likeness (QED) is 0.207. The summed E-state index contributed by atoms with van der Waals surface area (Å²) in [4.78, 5) is 3.19. The minimum Gasteiger partial charge on any atom is -0.487 e. The second-order valence-electron chi connectivity index (χ2n) is 6.02. The Bertz CT molecular complexity index is 675. The van der Waals surface area contributed by atoms with Crippen LogP contribution in [0.2, 0.25) is 0 Å². The third-order valence-corrected chi connectivity index (χ3v) is 1.78. The maximum absolute atomic E-state index is 9.75. The molecule has 0 saturated carbocycles. The molecule has 4 nitrogen and oxygen atoms in total. The van der Waals surface area contributed by atoms with E-state index in [-0.39, 0.29) is 12.2 Å². The highest BCUT2D eigenvalue weighted by molar-refractivity contribution is 6.50. The average molecular weight is 568 g/mol. The van der Waals surface area contributed by atoms with Gasteiger partial charge in [-0.1, -0.05) is 6.07 Å². The molecule has 0 bridgehead atoms. The monoisotopic (exact) mass is 569 g/mol. The van der Waals surface area contributed by atoms with Crippen molar-refractivity contribution in [3.8, 4) is 11.5 Å². The van der Waals surface area contributed by atoms with Crippen LogP contribution in [0.15, 0.2) is 18.2 Å². The summed E-state index contributed by atoms with van der Waals surface area (Å²) in [6, 6.07) is 5.23. The predicted octanol–water partition coefficient (Wildman–Crippen LogP) is 8.95. The van der Waals surface area contributed by atoms with Crippen molar-refractivity contribution in [3.63, 3.8) is 0 Å². The minimum absolute atomic E-state index is 0.00240. The van der Waals surface area contributed by atoms with Gasteiger partial charge in [0.15, 0.2) is 10.7 Å². The van der Waals surface area contributed by atoms with Crippen molar-refractivity contribution in [3.05, 3.63) is 23.2 Å². The number of ether oxygens (including phenoxy) is 2. The van der Waals surface area contributed by atoms with Gasteiger partial charge in [0.05, 0.1) is 12.2 Å². The Morgan fingerprint density at radius 1 is 0.583 bits per heavy atom. The molecule has 1 aromatic rings. The van der Waals surface area contributed by atoms with Crippen molar-refractivity contribution >= 4 is 34.7 Å². The van der Waals surface area contributed by atoms with Gasteiger partial charge in [-0.25, -0.2) is 0 Å². The van der Waals surface area contributed by atoms with Crippen LogP contribution in [0, 0.1) is 5.39 Å². The molecule has 0 radical (unpaired) electrons. The fourth-order valence-electron chi connectivity index (χ4n) is 1.28. The normalized spacial score (nSPS) is 11.2. The molecule has 0 atom stereocenters. The summed E-state index contributed by atoms with van der Waals surface area (Å²) < 4.78 is 167. The van der Waals surface area contributed by atoms with Crippen molar-refractivity contribution in [2.24, 2.45) is 0 Å². The van der Waals surface area contributed by atoms with Crippen LogP contribution in [0.25, 0.3) is 4.98 Å². The van der Waals surface area contributed by atoms with E-state index in [0.717, 1.165) is 0 Å². The highest BCUT2D eigenvalue weighted by Crippen LogP contribution is 2.38. The number of benzene rings is 1. The third-order valence-electron chi connectivity index (χ3n) is 1.78. The van der Waals surface area contributed by atoms with Gasteiger partial charge in [0.1, 0.15) is 0 Å². The zero-order valence-electron chi connectivity index (χ0n) is 18.5. The number of diazo groups is 1. The van der Waals surface area contributed by atoms with Crippen LogP contribution < -0.4 is 9.47 Å². The van der Waals surface area contributed by atoms with Crippen molar-refractivity contribution in [1.82, 2.24) is 0 Å². The van der Waals surface area contributed by atoms with Crippen molar-refractivity contribution < 1.29 is 78.5 Å². The Balaban J connectivity index is -0.000000211. The molecule has 214 valence electrons. The lowest BCUT2D eigenvalue weighted by Gasteiger charge is -2.14. The predicted molar refractivity (Wildman–Crippen MR) is 103 cm³/mol. The lowest BCUT2D eigenvalue weighted by atomic mass is 10.2. The number of halogens is 16. The van der Waals surface area contributed by atoms with Gasteiger partial charge < -0.3 is 78.5 Å². The SMILES string of the molecule is CC(C)Oc1cccc([N+]#N)c1OC(C)C.F[B-](F)(F)F.F[B-](F)(F)F.F[B-](F)(F)F.F[B-](F)(F)F. The van der Waals surface area contributed by atoms with E-state index in [2.05, 4.69) is 4.98 Å². The van der Waals surface area contributed by atoms with E-state index in [9.17, 15) is 69.1 Å². The third kappa shape index (κ3) is 63.4. The molecular weight excluding hydrogens is 551 g/mol. The van der Waals surface area contributed by atoms with Crippen molar-refractivity contribution in [2.75, 3.05) is 0 Å². The molecule has 1 rings (SSSR count). The molecule has 0 amide bonds. The summed E-state index contributed by atoms with van der Waals surface area (Å²) in [7, 11) is -24.0. The Morgan fingerprint density at radius 3 is 1.08 bits per heavy atom. The Hall–Kier alpha value is -2.62. The summed E-state index contributed by atoms with van der Waals surface area (Å²) in [6.07, 6.45) is 0.0425. The van der Waals surface area contributed by atoms with Gasteiger partial charge in [-0.2, -0.15) is 0 Å². The zero-order chi connectivity index (χ0) is 30.1. The fraction of sp³-hybridized carbons (Fsp3) is 0.500. The van der Waals surface area contributed by atoms with E-state index < -0.39 is 29.0 Å². The first kappa shape index (κ1) is 40.5. The van der Waals surface area contributed by atoms with Gasteiger partial charge in [-0.3, -0.25) is 0 Å². The Morgan fingerprint density at radius 2 is 0.861 bits per heavy atom. The van der Waals surface area contributed by atoms with Crippen LogP contribution in [-0.4, -0.2) is 41.2 Å². The highest BCUT2D eigenvalue weighted by atomic mass is 19.5. The molecule has 0 spiro atoms. The molecule has 0 unspecified atom stereocenters. The van der Waals surface area contributed by atoms with Gasteiger partial charge in [0, 0.05) is 6.07 Å². The maximum Gasteiger partial charge on any atom is 0.673 e. The van der Waals surface area contributed by atoms with Gasteiger partial charge in [0.2, 0.25) is 5.39 Å². The molecule has 0 aliphatic carbocycles. The molecule has 0 aromatic heterocycles. The summed E-state index contributed by atoms with van der Waals surface area (Å²) in [6.45, 7) is 7.68. The first-order valence-corrected chi connectivity index (χ1v) is 8.85. The number of rotatable bonds is 4. The first-order chi connectivity index (χ1) is 15.5. The number of nitrogens with zero attached hydrogens (tertiary/aromatic N) is 2. The maximum atomic E-state index is 9.75. The molecule has 0 aliphatic heterocycles. The number of hydrogen-bond donors (Lipinski definition) is 0. The number of hydrogen-bond acceptors (Lipinski definition) is 3. The van der Waals surface area contributed by atoms with E-state index in [1.807, 2.05) is 27.7 Å². The molecule has 0 saturated heterocycles. The summed E-state index contributed by atoms with van der Waals surface area (Å²) >= 11 is 0. The molecule has 24 heteroatoms. The van der Waals surface area contributed by atoms with Gasteiger partial charge in [0.25, 0.3) is 5.75 Å². The average Bonchev–Trinajstić information content (AvgIpc) is 2.49. The van der Waals surface area contributed by atoms with Crippen molar-refractivity contribution in [2.45, 2.75) is 39.9 Å². The molecule has 0 fully saturated rings. The molecule has 36 heavy (non-hydrogen) atoms. The van der Waals surface area contributed by atoms with Crippen LogP contribution in [-0.2, 0) is 0 Å². The van der Waals surface area contributed by atoms with Crippen LogP contribution in [0.4, 0.5) is 74.7 Å². The highest BCUT2D eigenvalue weighted by Gasteiger charge is 2.23. The van der Waals surface area contributed by atoms with Crippen LogP contribution in [0.1, 0.15) is 27.7 Å². The van der Waals surface area contributed by atoms with Gasteiger partial charge in [-0.15, -0.1) is 0 Å². The zero-order valence-corrected chi connectivity index (χ0v) is 18.5. The standard InChI is InChI=1S/C12H17N2O2.4BF4/c1-8(2)15-11-7-5-6-10(14-13)12(11)16-9(3)4;4*2-1(3,4)5/h5-9H,1-4H3;;;;/q+1;4*-1. The molecule has 0 heterocycles.